The zero-order valence-corrected chi connectivity index (χ0v) is 18.9. The van der Waals surface area contributed by atoms with Crippen LogP contribution in [0.2, 0.25) is 0 Å². The van der Waals surface area contributed by atoms with Gasteiger partial charge in [0.2, 0.25) is 0 Å². The van der Waals surface area contributed by atoms with E-state index in [-0.39, 0.29) is 0 Å². The molecule has 1 aromatic rings. The number of nitrogens with zero attached hydrogens (tertiary/aromatic N) is 1. The fourth-order valence-corrected chi connectivity index (χ4v) is 3.71. The van der Waals surface area contributed by atoms with Gasteiger partial charge in [-0.1, -0.05) is 56.0 Å². The molecule has 1 aromatic carbocycles. The summed E-state index contributed by atoms with van der Waals surface area (Å²) in [5.74, 6) is 0. The monoisotopic (exact) mass is 406 g/mol. The first-order valence-corrected chi connectivity index (χ1v) is 10.7. The second-order valence-corrected chi connectivity index (χ2v) is 8.18. The van der Waals surface area contributed by atoms with E-state index >= 15 is 0 Å². The molecule has 0 radical (unpaired) electrons. The maximum atomic E-state index is 6.10. The predicted molar refractivity (Wildman–Crippen MR) is 130 cm³/mol. The molecule has 1 atom stereocenters. The molecule has 4 heteroatoms. The molecule has 1 heterocycles. The first kappa shape index (κ1) is 23.6. The third-order valence-electron chi connectivity index (χ3n) is 5.87. The van der Waals surface area contributed by atoms with E-state index in [1.54, 1.807) is 6.08 Å². The number of rotatable bonds is 10. The Bertz CT molecular complexity index is 831. The quantitative estimate of drug-likeness (QED) is 0.500. The third kappa shape index (κ3) is 6.67. The summed E-state index contributed by atoms with van der Waals surface area (Å²) in [6.45, 7) is 19.2. The summed E-state index contributed by atoms with van der Waals surface area (Å²) < 4.78 is 0. The summed E-state index contributed by atoms with van der Waals surface area (Å²) in [7, 11) is 2.20. The van der Waals surface area contributed by atoms with Crippen molar-refractivity contribution in [1.29, 1.82) is 0 Å². The molecule has 30 heavy (non-hydrogen) atoms. The zero-order valence-electron chi connectivity index (χ0n) is 18.9. The van der Waals surface area contributed by atoms with Crippen LogP contribution in [0.5, 0.6) is 0 Å². The minimum Gasteiger partial charge on any atom is -0.399 e. The molecule has 0 aromatic heterocycles. The largest absolute Gasteiger partial charge is 0.399 e. The van der Waals surface area contributed by atoms with Crippen molar-refractivity contribution in [2.24, 2.45) is 5.73 Å². The summed E-state index contributed by atoms with van der Waals surface area (Å²) in [6.07, 6.45) is 7.49. The van der Waals surface area contributed by atoms with Crippen molar-refractivity contribution < 1.29 is 0 Å². The van der Waals surface area contributed by atoms with E-state index < -0.39 is 0 Å². The van der Waals surface area contributed by atoms with Gasteiger partial charge in [0.15, 0.2) is 0 Å². The molecule has 1 unspecified atom stereocenters. The molecule has 1 fully saturated rings. The van der Waals surface area contributed by atoms with Crippen molar-refractivity contribution in [2.45, 2.75) is 45.7 Å². The van der Waals surface area contributed by atoms with Gasteiger partial charge in [0, 0.05) is 42.3 Å². The second kappa shape index (κ2) is 11.5. The lowest BCUT2D eigenvalue weighted by Gasteiger charge is -2.32. The van der Waals surface area contributed by atoms with Crippen LogP contribution in [0.25, 0.3) is 0 Å². The lowest BCUT2D eigenvalue weighted by atomic mass is 9.97. The predicted octanol–water partition coefficient (Wildman–Crippen LogP) is 4.53. The fourth-order valence-electron chi connectivity index (χ4n) is 3.71. The highest BCUT2D eigenvalue weighted by molar-refractivity contribution is 5.54. The number of allylic oxidation sites excluding steroid dienone is 3. The number of nitrogens with two attached hydrogens (primary N) is 1. The molecule has 2 rings (SSSR count). The third-order valence-corrected chi connectivity index (χ3v) is 5.87. The summed E-state index contributed by atoms with van der Waals surface area (Å²) in [5.41, 5.74) is 12.7. The van der Waals surface area contributed by atoms with Crippen LogP contribution in [-0.2, 0) is 6.54 Å². The van der Waals surface area contributed by atoms with Crippen molar-refractivity contribution in [3.63, 3.8) is 0 Å². The zero-order chi connectivity index (χ0) is 22.1. The van der Waals surface area contributed by atoms with Crippen molar-refractivity contribution in [3.05, 3.63) is 95.5 Å². The molecule has 4 nitrogen and oxygen atoms in total. The number of nitrogens with one attached hydrogen (secondary N) is 2. The van der Waals surface area contributed by atoms with Crippen LogP contribution < -0.4 is 16.4 Å². The Labute approximate surface area is 182 Å². The van der Waals surface area contributed by atoms with Crippen molar-refractivity contribution >= 4 is 0 Å². The minimum absolute atomic E-state index is 0.549. The van der Waals surface area contributed by atoms with E-state index in [4.69, 9.17) is 5.73 Å². The standard InChI is InChI=1S/C26H38N4/c1-7-26(27)21(4)20(3)25(18-28-17-24-13-8-9-14-30(24)6)22(5)29-16-23-12-10-11-19(2)15-23/h7,10-12,15,18,24,28-29H,1,3,5,8-9,13-14,16-17,27H2,2,4,6H3/b25-18+,26-21-. The van der Waals surface area contributed by atoms with E-state index in [1.807, 2.05) is 13.1 Å². The number of likely N-dealkylation sites (N-methyl/N-ethyl adjacent to an activating group) is 1. The molecule has 0 spiro atoms. The van der Waals surface area contributed by atoms with Crippen LogP contribution in [0.1, 0.15) is 37.3 Å². The van der Waals surface area contributed by atoms with Crippen molar-refractivity contribution in [2.75, 3.05) is 20.1 Å². The summed E-state index contributed by atoms with van der Waals surface area (Å²) >= 11 is 0. The van der Waals surface area contributed by atoms with Crippen LogP contribution in [-0.4, -0.2) is 31.1 Å². The summed E-state index contributed by atoms with van der Waals surface area (Å²) in [5, 5.41) is 6.96. The Kier molecular flexibility index (Phi) is 9.00. The van der Waals surface area contributed by atoms with Crippen molar-refractivity contribution in [1.82, 2.24) is 15.5 Å². The molecule has 1 aliphatic rings. The average molecular weight is 407 g/mol. The van der Waals surface area contributed by atoms with E-state index in [1.165, 1.54) is 30.4 Å². The van der Waals surface area contributed by atoms with Gasteiger partial charge in [-0.25, -0.2) is 0 Å². The van der Waals surface area contributed by atoms with Gasteiger partial charge in [-0.15, -0.1) is 0 Å². The average Bonchev–Trinajstić information content (AvgIpc) is 2.74. The van der Waals surface area contributed by atoms with Crippen LogP contribution in [0.15, 0.2) is 84.4 Å². The van der Waals surface area contributed by atoms with Gasteiger partial charge in [-0.3, -0.25) is 0 Å². The Balaban J connectivity index is 2.13. The van der Waals surface area contributed by atoms with E-state index in [0.717, 1.165) is 35.5 Å². The van der Waals surface area contributed by atoms with Gasteiger partial charge in [-0.05, 0) is 63.1 Å². The highest BCUT2D eigenvalue weighted by Gasteiger charge is 2.18. The van der Waals surface area contributed by atoms with Crippen LogP contribution in [0.3, 0.4) is 0 Å². The first-order chi connectivity index (χ1) is 14.3. The van der Waals surface area contributed by atoms with Gasteiger partial charge in [0.1, 0.15) is 0 Å². The minimum atomic E-state index is 0.549. The molecular weight excluding hydrogens is 368 g/mol. The lowest BCUT2D eigenvalue weighted by molar-refractivity contribution is 0.185. The SMILES string of the molecule is C=C/C(N)=C(\C)C(=C)/C(=C\NCC1CCCCN1C)C(=C)NCc1cccc(C)c1. The number of likely N-dealkylation sites (tertiary alicyclic amines) is 1. The Hall–Kier alpha value is -2.72. The molecule has 0 bridgehead atoms. The molecule has 0 amide bonds. The van der Waals surface area contributed by atoms with Gasteiger partial charge in [-0.2, -0.15) is 0 Å². The normalized spacial score (nSPS) is 18.4. The summed E-state index contributed by atoms with van der Waals surface area (Å²) in [6, 6.07) is 9.02. The van der Waals surface area contributed by atoms with Gasteiger partial charge < -0.3 is 21.3 Å². The smallest absolute Gasteiger partial charge is 0.0400 e. The molecule has 1 saturated heterocycles. The number of piperidine rings is 1. The van der Waals surface area contributed by atoms with Crippen LogP contribution >= 0.6 is 0 Å². The molecule has 0 saturated carbocycles. The number of benzene rings is 1. The van der Waals surface area contributed by atoms with E-state index in [9.17, 15) is 0 Å². The number of aryl methyl sites for hydroxylation is 1. The van der Waals surface area contributed by atoms with Gasteiger partial charge >= 0.3 is 0 Å². The van der Waals surface area contributed by atoms with Crippen molar-refractivity contribution in [3.8, 4) is 0 Å². The maximum Gasteiger partial charge on any atom is 0.0400 e. The highest BCUT2D eigenvalue weighted by Crippen LogP contribution is 2.23. The number of hydrogen-bond acceptors (Lipinski definition) is 4. The molecular formula is C26H38N4. The van der Waals surface area contributed by atoms with Gasteiger partial charge in [0.25, 0.3) is 0 Å². The van der Waals surface area contributed by atoms with E-state index in [0.29, 0.717) is 18.3 Å². The Morgan fingerprint density at radius 1 is 1.30 bits per heavy atom. The fraction of sp³-hybridized carbons (Fsp3) is 0.385. The Morgan fingerprint density at radius 3 is 2.73 bits per heavy atom. The molecule has 0 aliphatic carbocycles. The van der Waals surface area contributed by atoms with Crippen LogP contribution in [0.4, 0.5) is 0 Å². The summed E-state index contributed by atoms with van der Waals surface area (Å²) in [4.78, 5) is 2.44. The maximum absolute atomic E-state index is 6.10. The number of hydrogen-bond donors (Lipinski definition) is 3. The Morgan fingerprint density at radius 2 is 2.07 bits per heavy atom. The second-order valence-electron chi connectivity index (χ2n) is 8.18. The molecule has 1 aliphatic heterocycles. The van der Waals surface area contributed by atoms with E-state index in [2.05, 4.69) is 73.5 Å². The topological polar surface area (TPSA) is 53.3 Å². The highest BCUT2D eigenvalue weighted by atomic mass is 15.1. The first-order valence-electron chi connectivity index (χ1n) is 10.7. The van der Waals surface area contributed by atoms with Crippen LogP contribution in [0, 0.1) is 6.92 Å². The lowest BCUT2D eigenvalue weighted by Crippen LogP contribution is -2.42. The molecule has 162 valence electrons. The molecule has 4 N–H and O–H groups in total. The van der Waals surface area contributed by atoms with Gasteiger partial charge in [0.05, 0.1) is 0 Å².